The normalized spacial score (nSPS) is 13.0. The van der Waals surface area contributed by atoms with Crippen molar-refractivity contribution in [3.63, 3.8) is 0 Å². The molecule has 11 rings (SSSR count). The highest BCUT2D eigenvalue weighted by Gasteiger charge is 2.51. The SMILES string of the molecule is c1ccc(-c2ccc(N(c3ccc4c(c3)C3(c5ccccc5Oc5ccccc53)c3ccc5ccccc5c3-4)c3ccccc3-c3ccccc3)cc2)cc1. The summed E-state index contributed by atoms with van der Waals surface area (Å²) in [5, 5.41) is 2.49. The number of para-hydroxylation sites is 3. The number of nitrogens with zero attached hydrogens (tertiary/aromatic N) is 1. The number of fused-ring (bicyclic) bond motifs is 11. The Bertz CT molecular complexity index is 2850. The Hall–Kier alpha value is -7.16. The van der Waals surface area contributed by atoms with Crippen LogP contribution in [0.25, 0.3) is 44.2 Å². The van der Waals surface area contributed by atoms with Gasteiger partial charge in [0.1, 0.15) is 11.5 Å². The van der Waals surface area contributed by atoms with Crippen molar-refractivity contribution in [2.24, 2.45) is 0 Å². The fourth-order valence-corrected chi connectivity index (χ4v) is 9.18. The fraction of sp³-hybridized carbons (Fsp3) is 0.0189. The second-order valence-corrected chi connectivity index (χ2v) is 14.4. The first-order valence-corrected chi connectivity index (χ1v) is 18.9. The molecular formula is C53H35NO. The Morgan fingerprint density at radius 3 is 1.69 bits per heavy atom. The van der Waals surface area contributed by atoms with Crippen molar-refractivity contribution in [2.45, 2.75) is 5.41 Å². The second-order valence-electron chi connectivity index (χ2n) is 14.4. The molecule has 2 aliphatic rings. The van der Waals surface area contributed by atoms with E-state index >= 15 is 0 Å². The highest BCUT2D eigenvalue weighted by Crippen LogP contribution is 2.63. The molecule has 0 saturated heterocycles. The molecule has 1 spiro atoms. The average molecular weight is 702 g/mol. The van der Waals surface area contributed by atoms with Crippen molar-refractivity contribution < 1.29 is 4.74 Å². The van der Waals surface area contributed by atoms with E-state index in [1.807, 2.05) is 0 Å². The van der Waals surface area contributed by atoms with Crippen LogP contribution in [0.1, 0.15) is 22.3 Å². The highest BCUT2D eigenvalue weighted by molar-refractivity contribution is 6.05. The lowest BCUT2D eigenvalue weighted by Crippen LogP contribution is -2.32. The minimum absolute atomic E-state index is 0.599. The first-order chi connectivity index (χ1) is 27.3. The smallest absolute Gasteiger partial charge is 0.132 e. The van der Waals surface area contributed by atoms with Gasteiger partial charge in [0.15, 0.2) is 0 Å². The van der Waals surface area contributed by atoms with E-state index in [0.717, 1.165) is 39.7 Å². The standard InChI is InChI=1S/C53H35NO/c1-3-15-36(16-4-1)37-27-30-40(31-28-37)54(49-24-12-9-20-42(49)38-17-5-2-6-18-38)41-32-33-44-48(35-41)53(47-34-29-39-19-7-8-21-43(39)52(44)47)45-22-10-13-25-50(45)55-51-26-14-11-23-46(51)53/h1-35H. The van der Waals surface area contributed by atoms with Gasteiger partial charge in [0, 0.05) is 28.1 Å². The molecule has 9 aromatic carbocycles. The molecule has 1 aliphatic carbocycles. The van der Waals surface area contributed by atoms with E-state index in [2.05, 4.69) is 217 Å². The first kappa shape index (κ1) is 31.4. The summed E-state index contributed by atoms with van der Waals surface area (Å²) >= 11 is 0. The molecule has 2 nitrogen and oxygen atoms in total. The molecule has 0 atom stereocenters. The average Bonchev–Trinajstić information content (AvgIpc) is 3.55. The van der Waals surface area contributed by atoms with Crippen molar-refractivity contribution in [2.75, 3.05) is 4.90 Å². The summed E-state index contributed by atoms with van der Waals surface area (Å²) in [7, 11) is 0. The Morgan fingerprint density at radius 2 is 0.945 bits per heavy atom. The van der Waals surface area contributed by atoms with E-state index in [0.29, 0.717) is 0 Å². The van der Waals surface area contributed by atoms with Crippen LogP contribution >= 0.6 is 0 Å². The van der Waals surface area contributed by atoms with Crippen LogP contribution in [0.15, 0.2) is 212 Å². The lowest BCUT2D eigenvalue weighted by molar-refractivity contribution is 0.436. The van der Waals surface area contributed by atoms with Crippen LogP contribution in [0.4, 0.5) is 17.1 Å². The van der Waals surface area contributed by atoms with Gasteiger partial charge in [-0.25, -0.2) is 0 Å². The zero-order valence-corrected chi connectivity index (χ0v) is 30.1. The zero-order chi connectivity index (χ0) is 36.3. The molecule has 0 fully saturated rings. The van der Waals surface area contributed by atoms with Crippen molar-refractivity contribution in [3.05, 3.63) is 235 Å². The van der Waals surface area contributed by atoms with Gasteiger partial charge in [0.2, 0.25) is 0 Å². The third-order valence-corrected chi connectivity index (χ3v) is 11.5. The van der Waals surface area contributed by atoms with Crippen LogP contribution in [0.5, 0.6) is 11.5 Å². The third kappa shape index (κ3) is 4.75. The molecule has 1 aliphatic heterocycles. The predicted octanol–water partition coefficient (Wildman–Crippen LogP) is 14.1. The van der Waals surface area contributed by atoms with Crippen molar-refractivity contribution in [1.29, 1.82) is 0 Å². The van der Waals surface area contributed by atoms with Gasteiger partial charge in [-0.3, -0.25) is 0 Å². The Morgan fingerprint density at radius 1 is 0.364 bits per heavy atom. The van der Waals surface area contributed by atoms with Gasteiger partial charge >= 0.3 is 0 Å². The van der Waals surface area contributed by atoms with Crippen molar-refractivity contribution in [1.82, 2.24) is 0 Å². The Kier molecular flexibility index (Phi) is 7.11. The van der Waals surface area contributed by atoms with Crippen LogP contribution in [0.2, 0.25) is 0 Å². The number of anilines is 3. The number of rotatable bonds is 5. The van der Waals surface area contributed by atoms with E-state index < -0.39 is 5.41 Å². The van der Waals surface area contributed by atoms with Crippen LogP contribution in [0.3, 0.4) is 0 Å². The summed E-state index contributed by atoms with van der Waals surface area (Å²) < 4.78 is 6.70. The zero-order valence-electron chi connectivity index (χ0n) is 30.1. The maximum atomic E-state index is 6.70. The Labute approximate surface area is 321 Å². The van der Waals surface area contributed by atoms with Crippen molar-refractivity contribution >= 4 is 27.8 Å². The molecule has 0 aromatic heterocycles. The van der Waals surface area contributed by atoms with Gasteiger partial charge in [-0.05, 0) is 92.2 Å². The molecule has 2 heteroatoms. The third-order valence-electron chi connectivity index (χ3n) is 11.5. The molecule has 258 valence electrons. The molecule has 55 heavy (non-hydrogen) atoms. The lowest BCUT2D eigenvalue weighted by atomic mass is 9.66. The summed E-state index contributed by atoms with van der Waals surface area (Å²) in [4.78, 5) is 2.43. The topological polar surface area (TPSA) is 12.5 Å². The maximum absolute atomic E-state index is 6.70. The number of benzene rings is 9. The molecule has 0 saturated carbocycles. The number of hydrogen-bond acceptors (Lipinski definition) is 2. The van der Waals surface area contributed by atoms with E-state index in [4.69, 9.17) is 4.74 Å². The fourth-order valence-electron chi connectivity index (χ4n) is 9.18. The van der Waals surface area contributed by atoms with Gasteiger partial charge in [-0.15, -0.1) is 0 Å². The predicted molar refractivity (Wildman–Crippen MR) is 227 cm³/mol. The number of hydrogen-bond donors (Lipinski definition) is 0. The molecule has 0 radical (unpaired) electrons. The molecule has 0 bridgehead atoms. The van der Waals surface area contributed by atoms with E-state index in [1.54, 1.807) is 0 Å². The second kappa shape index (κ2) is 12.5. The molecular weight excluding hydrogens is 667 g/mol. The molecule has 0 unspecified atom stereocenters. The molecule has 9 aromatic rings. The first-order valence-electron chi connectivity index (χ1n) is 18.9. The summed E-state index contributed by atoms with van der Waals surface area (Å²) in [6.07, 6.45) is 0. The minimum atomic E-state index is -0.599. The van der Waals surface area contributed by atoms with Gasteiger partial charge in [-0.2, -0.15) is 0 Å². The van der Waals surface area contributed by atoms with Gasteiger partial charge < -0.3 is 9.64 Å². The summed E-state index contributed by atoms with van der Waals surface area (Å²) in [5.41, 5.74) is 14.8. The van der Waals surface area contributed by atoms with Gasteiger partial charge in [0.25, 0.3) is 0 Å². The Balaban J connectivity index is 1.21. The maximum Gasteiger partial charge on any atom is 0.132 e. The molecule has 0 amide bonds. The van der Waals surface area contributed by atoms with E-state index in [9.17, 15) is 0 Å². The van der Waals surface area contributed by atoms with Crippen LogP contribution in [0, 0.1) is 0 Å². The number of ether oxygens (including phenoxy) is 1. The molecule has 0 N–H and O–H groups in total. The van der Waals surface area contributed by atoms with Crippen LogP contribution in [-0.2, 0) is 5.41 Å². The minimum Gasteiger partial charge on any atom is -0.457 e. The summed E-state index contributed by atoms with van der Waals surface area (Å²) in [6.45, 7) is 0. The van der Waals surface area contributed by atoms with E-state index in [-0.39, 0.29) is 0 Å². The van der Waals surface area contributed by atoms with Crippen LogP contribution in [-0.4, -0.2) is 0 Å². The largest absolute Gasteiger partial charge is 0.457 e. The summed E-state index contributed by atoms with van der Waals surface area (Å²) in [6, 6.07) is 76.9. The highest BCUT2D eigenvalue weighted by atomic mass is 16.5. The lowest BCUT2D eigenvalue weighted by Gasteiger charge is -2.39. The monoisotopic (exact) mass is 701 g/mol. The quantitative estimate of drug-likeness (QED) is 0.177. The summed E-state index contributed by atoms with van der Waals surface area (Å²) in [5.74, 6) is 1.78. The van der Waals surface area contributed by atoms with E-state index in [1.165, 1.54) is 55.3 Å². The molecule has 1 heterocycles. The van der Waals surface area contributed by atoms with Crippen LogP contribution < -0.4 is 9.64 Å². The van der Waals surface area contributed by atoms with Crippen molar-refractivity contribution in [3.8, 4) is 44.9 Å². The van der Waals surface area contributed by atoms with Gasteiger partial charge in [0.05, 0.1) is 11.1 Å². The van der Waals surface area contributed by atoms with Gasteiger partial charge in [-0.1, -0.05) is 170 Å².